The highest BCUT2D eigenvalue weighted by molar-refractivity contribution is 5.61. The molecule has 0 aliphatic heterocycles. The van der Waals surface area contributed by atoms with E-state index in [4.69, 9.17) is 4.74 Å². The molecule has 0 aromatic heterocycles. The molecule has 2 aromatic carbocycles. The number of nitro benzene ring substituents is 1. The molecule has 0 amide bonds. The van der Waals surface area contributed by atoms with E-state index in [-0.39, 0.29) is 5.69 Å². The van der Waals surface area contributed by atoms with E-state index in [2.05, 4.69) is 12.2 Å². The molecule has 0 aliphatic rings. The van der Waals surface area contributed by atoms with Gasteiger partial charge in [-0.25, -0.2) is 0 Å². The Morgan fingerprint density at radius 1 is 1.05 bits per heavy atom. The first-order valence-corrected chi connectivity index (χ1v) is 6.93. The zero-order valence-electron chi connectivity index (χ0n) is 11.9. The van der Waals surface area contributed by atoms with Gasteiger partial charge in [-0.2, -0.15) is 0 Å². The third-order valence-electron chi connectivity index (χ3n) is 2.99. The molecular weight excluding hydrogens is 268 g/mol. The number of nitro groups is 1. The van der Waals surface area contributed by atoms with Crippen LogP contribution >= 0.6 is 0 Å². The van der Waals surface area contributed by atoms with Crippen LogP contribution in [-0.2, 0) is 0 Å². The van der Waals surface area contributed by atoms with Gasteiger partial charge in [-0.3, -0.25) is 10.1 Å². The highest BCUT2D eigenvalue weighted by atomic mass is 16.6. The first-order valence-electron chi connectivity index (χ1n) is 6.93. The fourth-order valence-electron chi connectivity index (χ4n) is 1.80. The summed E-state index contributed by atoms with van der Waals surface area (Å²) in [7, 11) is 0. The van der Waals surface area contributed by atoms with Crippen LogP contribution in [0.4, 0.5) is 17.1 Å². The first-order chi connectivity index (χ1) is 10.2. The zero-order chi connectivity index (χ0) is 15.1. The molecule has 0 atom stereocenters. The Balaban J connectivity index is 1.94. The van der Waals surface area contributed by atoms with Crippen molar-refractivity contribution in [1.29, 1.82) is 0 Å². The van der Waals surface area contributed by atoms with Gasteiger partial charge in [0, 0.05) is 23.5 Å². The van der Waals surface area contributed by atoms with E-state index in [1.165, 1.54) is 12.1 Å². The lowest BCUT2D eigenvalue weighted by molar-refractivity contribution is -0.384. The van der Waals surface area contributed by atoms with Gasteiger partial charge in [-0.05, 0) is 42.8 Å². The number of benzene rings is 2. The second-order valence-electron chi connectivity index (χ2n) is 4.66. The van der Waals surface area contributed by atoms with Crippen LogP contribution in [0, 0.1) is 10.1 Å². The van der Waals surface area contributed by atoms with Crippen LogP contribution in [0.25, 0.3) is 0 Å². The van der Waals surface area contributed by atoms with Crippen LogP contribution in [0.15, 0.2) is 48.5 Å². The summed E-state index contributed by atoms with van der Waals surface area (Å²) in [5.74, 6) is 0.845. The van der Waals surface area contributed by atoms with E-state index in [1.54, 1.807) is 12.1 Å². The molecular formula is C16H18N2O3. The normalized spacial score (nSPS) is 10.1. The lowest BCUT2D eigenvalue weighted by Crippen LogP contribution is -1.96. The number of unbranched alkanes of at least 4 members (excludes halogenated alkanes) is 1. The molecule has 0 spiro atoms. The lowest BCUT2D eigenvalue weighted by Gasteiger charge is -2.08. The minimum atomic E-state index is -0.411. The van der Waals surface area contributed by atoms with Crippen molar-refractivity contribution in [2.75, 3.05) is 11.9 Å². The minimum absolute atomic E-state index is 0.0835. The number of ether oxygens (including phenoxy) is 1. The molecule has 0 unspecified atom stereocenters. The first kappa shape index (κ1) is 14.8. The summed E-state index contributed by atoms with van der Waals surface area (Å²) in [6.45, 7) is 2.85. The van der Waals surface area contributed by atoms with Crippen molar-refractivity contribution in [3.05, 3.63) is 58.6 Å². The van der Waals surface area contributed by atoms with Gasteiger partial charge in [0.15, 0.2) is 0 Å². The maximum Gasteiger partial charge on any atom is 0.269 e. The van der Waals surface area contributed by atoms with Crippen LogP contribution in [0.5, 0.6) is 5.75 Å². The Hall–Kier alpha value is -2.56. The summed E-state index contributed by atoms with van der Waals surface area (Å²) < 4.78 is 5.59. The molecule has 2 aromatic rings. The molecule has 0 saturated heterocycles. The van der Waals surface area contributed by atoms with Gasteiger partial charge in [-0.15, -0.1) is 0 Å². The van der Waals surface area contributed by atoms with Crippen molar-refractivity contribution in [1.82, 2.24) is 0 Å². The maximum atomic E-state index is 10.6. The summed E-state index contributed by atoms with van der Waals surface area (Å²) in [5, 5.41) is 13.8. The van der Waals surface area contributed by atoms with E-state index in [0.29, 0.717) is 0 Å². The van der Waals surface area contributed by atoms with Crippen molar-refractivity contribution in [3.8, 4) is 5.75 Å². The average Bonchev–Trinajstić information content (AvgIpc) is 2.50. The van der Waals surface area contributed by atoms with Crippen LogP contribution < -0.4 is 10.1 Å². The van der Waals surface area contributed by atoms with E-state index < -0.39 is 4.92 Å². The molecule has 5 heteroatoms. The number of hydrogen-bond donors (Lipinski definition) is 1. The number of nitrogens with zero attached hydrogens (tertiary/aromatic N) is 1. The lowest BCUT2D eigenvalue weighted by atomic mass is 10.2. The number of hydrogen-bond acceptors (Lipinski definition) is 4. The van der Waals surface area contributed by atoms with E-state index >= 15 is 0 Å². The largest absolute Gasteiger partial charge is 0.494 e. The van der Waals surface area contributed by atoms with Crippen LogP contribution in [0.3, 0.4) is 0 Å². The Morgan fingerprint density at radius 3 is 2.14 bits per heavy atom. The van der Waals surface area contributed by atoms with Crippen molar-refractivity contribution in [2.45, 2.75) is 19.8 Å². The fourth-order valence-corrected chi connectivity index (χ4v) is 1.80. The Labute approximate surface area is 123 Å². The average molecular weight is 286 g/mol. The van der Waals surface area contributed by atoms with Gasteiger partial charge in [0.05, 0.1) is 11.5 Å². The van der Waals surface area contributed by atoms with Crippen molar-refractivity contribution in [2.24, 2.45) is 0 Å². The number of rotatable bonds is 7. The minimum Gasteiger partial charge on any atom is -0.494 e. The van der Waals surface area contributed by atoms with Crippen LogP contribution in [0.2, 0.25) is 0 Å². The maximum absolute atomic E-state index is 10.6. The summed E-state index contributed by atoms with van der Waals surface area (Å²) in [5.41, 5.74) is 1.80. The standard InChI is InChI=1S/C16H18N2O3/c1-2-3-12-21-16-10-6-14(7-11-16)17-13-4-8-15(9-5-13)18(19)20/h4-11,17H,2-3,12H2,1H3. The molecule has 0 heterocycles. The topological polar surface area (TPSA) is 64.4 Å². The van der Waals surface area contributed by atoms with E-state index in [9.17, 15) is 10.1 Å². The molecule has 21 heavy (non-hydrogen) atoms. The molecule has 5 nitrogen and oxygen atoms in total. The summed E-state index contributed by atoms with van der Waals surface area (Å²) in [6, 6.07) is 14.0. The molecule has 0 fully saturated rings. The van der Waals surface area contributed by atoms with Crippen LogP contribution in [0.1, 0.15) is 19.8 Å². The summed E-state index contributed by atoms with van der Waals surface area (Å²) >= 11 is 0. The molecule has 2 rings (SSSR count). The highest BCUT2D eigenvalue weighted by Gasteiger charge is 2.04. The van der Waals surface area contributed by atoms with Crippen LogP contribution in [-0.4, -0.2) is 11.5 Å². The third kappa shape index (κ3) is 4.49. The van der Waals surface area contributed by atoms with Crippen molar-refractivity contribution < 1.29 is 9.66 Å². The Kier molecular flexibility index (Phi) is 5.15. The Morgan fingerprint density at radius 2 is 1.62 bits per heavy atom. The molecule has 0 bridgehead atoms. The van der Waals surface area contributed by atoms with Gasteiger partial charge in [0.1, 0.15) is 5.75 Å². The van der Waals surface area contributed by atoms with Gasteiger partial charge in [-0.1, -0.05) is 13.3 Å². The summed E-state index contributed by atoms with van der Waals surface area (Å²) in [6.07, 6.45) is 2.16. The zero-order valence-corrected chi connectivity index (χ0v) is 11.9. The van der Waals surface area contributed by atoms with Crippen molar-refractivity contribution in [3.63, 3.8) is 0 Å². The smallest absolute Gasteiger partial charge is 0.269 e. The molecule has 110 valence electrons. The quantitative estimate of drug-likeness (QED) is 0.462. The summed E-state index contributed by atoms with van der Waals surface area (Å²) in [4.78, 5) is 10.2. The Bertz CT molecular complexity index is 579. The predicted octanol–water partition coefficient (Wildman–Crippen LogP) is 4.52. The van der Waals surface area contributed by atoms with Gasteiger partial charge >= 0.3 is 0 Å². The van der Waals surface area contributed by atoms with E-state index in [1.807, 2.05) is 24.3 Å². The number of nitrogens with one attached hydrogen (secondary N) is 1. The second-order valence-corrected chi connectivity index (χ2v) is 4.66. The third-order valence-corrected chi connectivity index (χ3v) is 2.99. The molecule has 0 aliphatic carbocycles. The number of non-ortho nitro benzene ring substituents is 1. The second kappa shape index (κ2) is 7.28. The van der Waals surface area contributed by atoms with Gasteiger partial charge < -0.3 is 10.1 Å². The molecule has 0 radical (unpaired) electrons. The van der Waals surface area contributed by atoms with Crippen molar-refractivity contribution >= 4 is 17.1 Å². The monoisotopic (exact) mass is 286 g/mol. The number of anilines is 2. The fraction of sp³-hybridized carbons (Fsp3) is 0.250. The predicted molar refractivity (Wildman–Crippen MR) is 83.2 cm³/mol. The van der Waals surface area contributed by atoms with Gasteiger partial charge in [0.2, 0.25) is 0 Å². The van der Waals surface area contributed by atoms with E-state index in [0.717, 1.165) is 36.6 Å². The molecule has 1 N–H and O–H groups in total. The SMILES string of the molecule is CCCCOc1ccc(Nc2ccc([N+](=O)[O-])cc2)cc1. The highest BCUT2D eigenvalue weighted by Crippen LogP contribution is 2.22. The molecule has 0 saturated carbocycles. The van der Waals surface area contributed by atoms with Gasteiger partial charge in [0.25, 0.3) is 5.69 Å².